The Morgan fingerprint density at radius 2 is 1.00 bits per heavy atom. The second-order valence-electron chi connectivity index (χ2n) is 5.07. The van der Waals surface area contributed by atoms with Gasteiger partial charge in [-0.2, -0.15) is 0 Å². The van der Waals surface area contributed by atoms with Crippen LogP contribution in [0.4, 0.5) is 0 Å². The second kappa shape index (κ2) is 5.75. The van der Waals surface area contributed by atoms with Gasteiger partial charge in [0.25, 0.3) is 11.8 Å². The van der Waals surface area contributed by atoms with Gasteiger partial charge in [-0.1, -0.05) is 60.7 Å². The van der Waals surface area contributed by atoms with Crippen LogP contribution in [-0.4, -0.2) is 11.8 Å². The predicted octanol–water partition coefficient (Wildman–Crippen LogP) is 2.42. The van der Waals surface area contributed by atoms with E-state index in [2.05, 4.69) is 5.32 Å². The fourth-order valence-electron chi connectivity index (χ4n) is 2.50. The number of hydrogen-bond donors (Lipinski definition) is 1. The van der Waals surface area contributed by atoms with Crippen molar-refractivity contribution in [3.63, 3.8) is 0 Å². The zero-order chi connectivity index (χ0) is 14.7. The predicted molar refractivity (Wildman–Crippen MR) is 80.5 cm³/mol. The Morgan fingerprint density at radius 3 is 1.38 bits per heavy atom. The molecular weight excluding hydrogens is 262 g/mol. The van der Waals surface area contributed by atoms with Crippen molar-refractivity contribution in [2.75, 3.05) is 0 Å². The molecule has 0 aromatic heterocycles. The number of benzene rings is 2. The summed E-state index contributed by atoms with van der Waals surface area (Å²) in [4.78, 5) is 24.0. The Hall–Kier alpha value is -2.68. The maximum atomic E-state index is 12.0. The van der Waals surface area contributed by atoms with Crippen LogP contribution in [0.1, 0.15) is 11.1 Å². The lowest BCUT2D eigenvalue weighted by Gasteiger charge is -2.05. The van der Waals surface area contributed by atoms with Crippen LogP contribution >= 0.6 is 0 Å². The maximum Gasteiger partial charge on any atom is 0.254 e. The van der Waals surface area contributed by atoms with Crippen LogP contribution < -0.4 is 5.32 Å². The van der Waals surface area contributed by atoms with Crippen molar-refractivity contribution in [3.05, 3.63) is 82.9 Å². The summed E-state index contributed by atoms with van der Waals surface area (Å²) in [5, 5.41) is 2.41. The second-order valence-corrected chi connectivity index (χ2v) is 5.07. The molecule has 104 valence electrons. The molecule has 1 N–H and O–H groups in total. The van der Waals surface area contributed by atoms with Crippen LogP contribution in [0, 0.1) is 0 Å². The van der Waals surface area contributed by atoms with E-state index in [4.69, 9.17) is 0 Å². The number of rotatable bonds is 4. The first kappa shape index (κ1) is 13.3. The van der Waals surface area contributed by atoms with Gasteiger partial charge in [-0.25, -0.2) is 0 Å². The lowest BCUT2D eigenvalue weighted by molar-refractivity contribution is -0.124. The highest BCUT2D eigenvalue weighted by molar-refractivity contribution is 6.19. The van der Waals surface area contributed by atoms with Gasteiger partial charge in [-0.15, -0.1) is 0 Å². The molecular formula is C18H15NO2. The highest BCUT2D eigenvalue weighted by Gasteiger charge is 2.29. The van der Waals surface area contributed by atoms with Gasteiger partial charge in [0.1, 0.15) is 0 Å². The van der Waals surface area contributed by atoms with E-state index in [1.54, 1.807) is 0 Å². The molecule has 0 fully saturated rings. The Kier molecular flexibility index (Phi) is 3.65. The minimum absolute atomic E-state index is 0.269. The summed E-state index contributed by atoms with van der Waals surface area (Å²) in [5.74, 6) is -0.537. The monoisotopic (exact) mass is 277 g/mol. The molecule has 0 aliphatic carbocycles. The fourth-order valence-corrected chi connectivity index (χ4v) is 2.50. The van der Waals surface area contributed by atoms with Crippen LogP contribution in [0.15, 0.2) is 71.8 Å². The van der Waals surface area contributed by atoms with Crippen molar-refractivity contribution >= 4 is 11.8 Å². The van der Waals surface area contributed by atoms with Crippen LogP contribution in [-0.2, 0) is 22.4 Å². The summed E-state index contributed by atoms with van der Waals surface area (Å²) >= 11 is 0. The van der Waals surface area contributed by atoms with Crippen LogP contribution in [0.3, 0.4) is 0 Å². The summed E-state index contributed by atoms with van der Waals surface area (Å²) in [6.45, 7) is 0. The molecule has 0 bridgehead atoms. The fraction of sp³-hybridized carbons (Fsp3) is 0.111. The Morgan fingerprint density at radius 1 is 0.619 bits per heavy atom. The number of amides is 2. The summed E-state index contributed by atoms with van der Waals surface area (Å²) in [6, 6.07) is 19.4. The lowest BCUT2D eigenvalue weighted by Crippen LogP contribution is -2.23. The highest BCUT2D eigenvalue weighted by atomic mass is 16.2. The van der Waals surface area contributed by atoms with Gasteiger partial charge in [-0.05, 0) is 11.1 Å². The van der Waals surface area contributed by atoms with Crippen molar-refractivity contribution in [2.24, 2.45) is 0 Å². The molecule has 1 aliphatic heterocycles. The van der Waals surface area contributed by atoms with Crippen molar-refractivity contribution in [2.45, 2.75) is 12.8 Å². The third-order valence-electron chi connectivity index (χ3n) is 3.59. The SMILES string of the molecule is O=C1NC(=O)C(Cc2ccccc2)=C1Cc1ccccc1. The number of carbonyl (C=O) groups excluding carboxylic acids is 2. The highest BCUT2D eigenvalue weighted by Crippen LogP contribution is 2.21. The van der Waals surface area contributed by atoms with E-state index in [-0.39, 0.29) is 11.8 Å². The van der Waals surface area contributed by atoms with E-state index >= 15 is 0 Å². The van der Waals surface area contributed by atoms with E-state index in [1.165, 1.54) is 0 Å². The van der Waals surface area contributed by atoms with Gasteiger partial charge in [0.15, 0.2) is 0 Å². The summed E-state index contributed by atoms with van der Waals surface area (Å²) < 4.78 is 0. The molecule has 1 aliphatic rings. The lowest BCUT2D eigenvalue weighted by atomic mass is 9.97. The van der Waals surface area contributed by atoms with E-state index < -0.39 is 0 Å². The average molecular weight is 277 g/mol. The van der Waals surface area contributed by atoms with Gasteiger partial charge in [0.2, 0.25) is 0 Å². The molecule has 3 heteroatoms. The zero-order valence-corrected chi connectivity index (χ0v) is 11.5. The van der Waals surface area contributed by atoms with Gasteiger partial charge >= 0.3 is 0 Å². The minimum atomic E-state index is -0.269. The third kappa shape index (κ3) is 2.92. The molecule has 3 nitrogen and oxygen atoms in total. The minimum Gasteiger partial charge on any atom is -0.289 e. The molecule has 0 saturated carbocycles. The number of nitrogens with one attached hydrogen (secondary N) is 1. The standard InChI is InChI=1S/C18H15NO2/c20-17-15(11-13-7-3-1-4-8-13)16(18(21)19-17)12-14-9-5-2-6-10-14/h1-10H,11-12H2,(H,19,20,21). The summed E-state index contributed by atoms with van der Waals surface area (Å²) in [6.07, 6.45) is 0.973. The molecule has 0 spiro atoms. The molecule has 0 unspecified atom stereocenters. The van der Waals surface area contributed by atoms with Crippen LogP contribution in [0.25, 0.3) is 0 Å². The molecule has 3 rings (SSSR count). The summed E-state index contributed by atoms with van der Waals surface area (Å²) in [7, 11) is 0. The van der Waals surface area contributed by atoms with Crippen LogP contribution in [0.5, 0.6) is 0 Å². The first-order valence-electron chi connectivity index (χ1n) is 6.89. The number of hydrogen-bond acceptors (Lipinski definition) is 2. The largest absolute Gasteiger partial charge is 0.289 e. The maximum absolute atomic E-state index is 12.0. The smallest absolute Gasteiger partial charge is 0.254 e. The molecule has 2 aromatic carbocycles. The van der Waals surface area contributed by atoms with Crippen molar-refractivity contribution in [3.8, 4) is 0 Å². The Bertz CT molecular complexity index is 641. The van der Waals surface area contributed by atoms with Gasteiger partial charge in [-0.3, -0.25) is 14.9 Å². The van der Waals surface area contributed by atoms with Gasteiger partial charge < -0.3 is 0 Å². The molecule has 2 amide bonds. The van der Waals surface area contributed by atoms with Crippen molar-refractivity contribution in [1.29, 1.82) is 0 Å². The molecule has 2 aromatic rings. The molecule has 0 atom stereocenters. The van der Waals surface area contributed by atoms with E-state index in [1.807, 2.05) is 60.7 Å². The number of carbonyl (C=O) groups is 2. The average Bonchev–Trinajstić information content (AvgIpc) is 2.76. The quantitative estimate of drug-likeness (QED) is 0.872. The Labute approximate surface area is 123 Å². The normalized spacial score (nSPS) is 14.5. The van der Waals surface area contributed by atoms with E-state index in [0.29, 0.717) is 24.0 Å². The van der Waals surface area contributed by atoms with Crippen molar-refractivity contribution < 1.29 is 9.59 Å². The topological polar surface area (TPSA) is 46.2 Å². The molecule has 0 radical (unpaired) electrons. The Balaban J connectivity index is 1.92. The third-order valence-corrected chi connectivity index (χ3v) is 3.59. The number of imide groups is 1. The first-order chi connectivity index (χ1) is 10.2. The zero-order valence-electron chi connectivity index (χ0n) is 11.5. The first-order valence-corrected chi connectivity index (χ1v) is 6.89. The summed E-state index contributed by atoms with van der Waals surface area (Å²) in [5.41, 5.74) is 3.22. The molecule has 1 heterocycles. The van der Waals surface area contributed by atoms with Gasteiger partial charge in [0.05, 0.1) is 0 Å². The van der Waals surface area contributed by atoms with Crippen molar-refractivity contribution in [1.82, 2.24) is 5.32 Å². The van der Waals surface area contributed by atoms with E-state index in [9.17, 15) is 9.59 Å². The van der Waals surface area contributed by atoms with E-state index in [0.717, 1.165) is 11.1 Å². The van der Waals surface area contributed by atoms with Crippen LogP contribution in [0.2, 0.25) is 0 Å². The van der Waals surface area contributed by atoms with Gasteiger partial charge in [0, 0.05) is 24.0 Å². The molecule has 0 saturated heterocycles. The molecule has 21 heavy (non-hydrogen) atoms.